The van der Waals surface area contributed by atoms with Crippen molar-refractivity contribution in [2.24, 2.45) is 5.73 Å². The molecule has 0 aromatic carbocycles. The number of aryl methyl sites for hydroxylation is 1. The Balaban J connectivity index is 2.34. The van der Waals surface area contributed by atoms with Crippen molar-refractivity contribution in [1.82, 2.24) is 9.55 Å². The summed E-state index contributed by atoms with van der Waals surface area (Å²) in [6, 6.07) is 1.64. The van der Waals surface area contributed by atoms with E-state index >= 15 is 0 Å². The zero-order chi connectivity index (χ0) is 11.1. The van der Waals surface area contributed by atoms with Crippen molar-refractivity contribution < 1.29 is 0 Å². The summed E-state index contributed by atoms with van der Waals surface area (Å²) < 4.78 is 1.58. The van der Waals surface area contributed by atoms with Crippen LogP contribution in [-0.2, 0) is 6.54 Å². The summed E-state index contributed by atoms with van der Waals surface area (Å²) in [4.78, 5) is 15.0. The molecule has 4 N–H and O–H groups in total. The predicted molar refractivity (Wildman–Crippen MR) is 60.4 cm³/mol. The molecule has 84 valence electrons. The maximum absolute atomic E-state index is 11.3. The van der Waals surface area contributed by atoms with Crippen LogP contribution in [0.3, 0.4) is 0 Å². The molecule has 0 saturated carbocycles. The third-order valence-corrected chi connectivity index (χ3v) is 2.25. The van der Waals surface area contributed by atoms with Crippen molar-refractivity contribution in [1.29, 1.82) is 0 Å². The molecule has 1 heterocycles. The van der Waals surface area contributed by atoms with Gasteiger partial charge in [-0.25, -0.2) is 4.79 Å². The summed E-state index contributed by atoms with van der Waals surface area (Å²) >= 11 is 0. The minimum Gasteiger partial charge on any atom is -0.383 e. The van der Waals surface area contributed by atoms with Gasteiger partial charge in [-0.3, -0.25) is 4.57 Å². The Kier molecular flexibility index (Phi) is 4.83. The molecule has 0 aliphatic heterocycles. The number of anilines is 1. The summed E-state index contributed by atoms with van der Waals surface area (Å²) in [5, 5.41) is 0. The van der Waals surface area contributed by atoms with Crippen LogP contribution < -0.4 is 17.2 Å². The molecule has 1 aromatic heterocycles. The van der Waals surface area contributed by atoms with Crippen molar-refractivity contribution in [3.8, 4) is 0 Å². The first-order chi connectivity index (χ1) is 7.24. The zero-order valence-corrected chi connectivity index (χ0v) is 8.85. The van der Waals surface area contributed by atoms with Crippen molar-refractivity contribution in [3.05, 3.63) is 22.7 Å². The fourth-order valence-electron chi connectivity index (χ4n) is 1.39. The van der Waals surface area contributed by atoms with Crippen molar-refractivity contribution in [2.75, 3.05) is 12.3 Å². The molecule has 0 aliphatic rings. The SMILES string of the molecule is NCCCCCCn1ccc(N)nc1=O. The van der Waals surface area contributed by atoms with Crippen LogP contribution in [0.5, 0.6) is 0 Å². The van der Waals surface area contributed by atoms with Gasteiger partial charge in [0.1, 0.15) is 5.82 Å². The number of hydrogen-bond acceptors (Lipinski definition) is 4. The standard InChI is InChI=1S/C10H18N4O/c11-6-3-1-2-4-7-14-8-5-9(12)13-10(14)15/h5,8H,1-4,6-7,11H2,(H2,12,13,15). The molecule has 0 aliphatic carbocycles. The molecule has 0 unspecified atom stereocenters. The van der Waals surface area contributed by atoms with E-state index in [2.05, 4.69) is 4.98 Å². The van der Waals surface area contributed by atoms with E-state index in [9.17, 15) is 4.79 Å². The van der Waals surface area contributed by atoms with E-state index in [0.29, 0.717) is 6.54 Å². The van der Waals surface area contributed by atoms with Crippen LogP contribution >= 0.6 is 0 Å². The van der Waals surface area contributed by atoms with E-state index in [4.69, 9.17) is 11.5 Å². The van der Waals surface area contributed by atoms with E-state index in [1.807, 2.05) is 0 Å². The largest absolute Gasteiger partial charge is 0.383 e. The normalized spacial score (nSPS) is 10.5. The molecule has 0 amide bonds. The molecular weight excluding hydrogens is 192 g/mol. The monoisotopic (exact) mass is 210 g/mol. The second kappa shape index (κ2) is 6.19. The fourth-order valence-corrected chi connectivity index (χ4v) is 1.39. The lowest BCUT2D eigenvalue weighted by molar-refractivity contribution is 0.557. The van der Waals surface area contributed by atoms with Crippen LogP contribution in [0, 0.1) is 0 Å². The Morgan fingerprint density at radius 3 is 2.67 bits per heavy atom. The van der Waals surface area contributed by atoms with Gasteiger partial charge in [-0.1, -0.05) is 12.8 Å². The van der Waals surface area contributed by atoms with Crippen LogP contribution in [0.25, 0.3) is 0 Å². The molecule has 5 nitrogen and oxygen atoms in total. The third-order valence-electron chi connectivity index (χ3n) is 2.25. The molecule has 5 heteroatoms. The van der Waals surface area contributed by atoms with Gasteiger partial charge in [0.25, 0.3) is 0 Å². The number of nitrogens with zero attached hydrogens (tertiary/aromatic N) is 2. The quantitative estimate of drug-likeness (QED) is 0.663. The Morgan fingerprint density at radius 1 is 1.27 bits per heavy atom. The highest BCUT2D eigenvalue weighted by molar-refractivity contribution is 5.23. The number of rotatable bonds is 6. The maximum Gasteiger partial charge on any atom is 0.349 e. The van der Waals surface area contributed by atoms with Gasteiger partial charge in [0.2, 0.25) is 0 Å². The lowest BCUT2D eigenvalue weighted by atomic mass is 10.2. The van der Waals surface area contributed by atoms with E-state index in [0.717, 1.165) is 32.2 Å². The van der Waals surface area contributed by atoms with Crippen molar-refractivity contribution in [2.45, 2.75) is 32.2 Å². The smallest absolute Gasteiger partial charge is 0.349 e. The van der Waals surface area contributed by atoms with E-state index in [-0.39, 0.29) is 11.5 Å². The lowest BCUT2D eigenvalue weighted by Gasteiger charge is -2.04. The average molecular weight is 210 g/mol. The third kappa shape index (κ3) is 4.12. The van der Waals surface area contributed by atoms with Gasteiger partial charge in [-0.2, -0.15) is 4.98 Å². The number of unbranched alkanes of at least 4 members (excludes halogenated alkanes) is 3. The number of nitrogen functional groups attached to an aromatic ring is 1. The minimum absolute atomic E-state index is 0.270. The molecule has 15 heavy (non-hydrogen) atoms. The molecule has 0 fully saturated rings. The molecule has 1 rings (SSSR count). The first kappa shape index (κ1) is 11.7. The predicted octanol–water partition coefficient (Wildman–Crippen LogP) is 0.345. The highest BCUT2D eigenvalue weighted by Crippen LogP contribution is 2.00. The number of nitrogens with two attached hydrogens (primary N) is 2. The summed E-state index contributed by atoms with van der Waals surface area (Å²) in [6.07, 6.45) is 5.93. The molecule has 0 spiro atoms. The van der Waals surface area contributed by atoms with E-state index in [1.165, 1.54) is 0 Å². The second-order valence-corrected chi connectivity index (χ2v) is 3.53. The summed E-state index contributed by atoms with van der Waals surface area (Å²) in [5.41, 5.74) is 10.5. The number of hydrogen-bond donors (Lipinski definition) is 2. The molecule has 0 bridgehead atoms. The van der Waals surface area contributed by atoms with Crippen molar-refractivity contribution >= 4 is 5.82 Å². The summed E-state index contributed by atoms with van der Waals surface area (Å²) in [7, 11) is 0. The van der Waals surface area contributed by atoms with Crippen molar-refractivity contribution in [3.63, 3.8) is 0 Å². The van der Waals surface area contributed by atoms with Gasteiger partial charge in [0, 0.05) is 12.7 Å². The van der Waals surface area contributed by atoms with E-state index < -0.39 is 0 Å². The van der Waals surface area contributed by atoms with Gasteiger partial charge in [0.05, 0.1) is 0 Å². The van der Waals surface area contributed by atoms with Crippen LogP contribution in [0.1, 0.15) is 25.7 Å². The van der Waals surface area contributed by atoms with Gasteiger partial charge in [-0.05, 0) is 25.5 Å². The lowest BCUT2D eigenvalue weighted by Crippen LogP contribution is -2.23. The molecular formula is C10H18N4O. The van der Waals surface area contributed by atoms with Crippen LogP contribution in [0.2, 0.25) is 0 Å². The highest BCUT2D eigenvalue weighted by Gasteiger charge is 1.97. The highest BCUT2D eigenvalue weighted by atomic mass is 16.1. The minimum atomic E-state index is -0.270. The zero-order valence-electron chi connectivity index (χ0n) is 8.85. The molecule has 0 atom stereocenters. The van der Waals surface area contributed by atoms with E-state index in [1.54, 1.807) is 16.8 Å². The summed E-state index contributed by atoms with van der Waals surface area (Å²) in [5.74, 6) is 0.277. The first-order valence-corrected chi connectivity index (χ1v) is 5.27. The second-order valence-electron chi connectivity index (χ2n) is 3.53. The Hall–Kier alpha value is -1.36. The Labute approximate surface area is 89.1 Å². The van der Waals surface area contributed by atoms with Crippen LogP contribution in [0.15, 0.2) is 17.1 Å². The molecule has 1 aromatic rings. The molecule has 0 radical (unpaired) electrons. The number of aromatic nitrogens is 2. The Bertz CT molecular complexity index is 348. The average Bonchev–Trinajstić information content (AvgIpc) is 2.20. The summed E-state index contributed by atoms with van der Waals surface area (Å²) in [6.45, 7) is 1.44. The van der Waals surface area contributed by atoms with Gasteiger partial charge >= 0.3 is 5.69 Å². The fraction of sp³-hybridized carbons (Fsp3) is 0.600. The van der Waals surface area contributed by atoms with Crippen LogP contribution in [-0.4, -0.2) is 16.1 Å². The molecule has 0 saturated heterocycles. The van der Waals surface area contributed by atoms with Gasteiger partial charge < -0.3 is 11.5 Å². The Morgan fingerprint density at radius 2 is 2.00 bits per heavy atom. The first-order valence-electron chi connectivity index (χ1n) is 5.27. The van der Waals surface area contributed by atoms with Gasteiger partial charge in [0.15, 0.2) is 0 Å². The van der Waals surface area contributed by atoms with Gasteiger partial charge in [-0.15, -0.1) is 0 Å². The maximum atomic E-state index is 11.3. The van der Waals surface area contributed by atoms with Crippen LogP contribution in [0.4, 0.5) is 5.82 Å². The topological polar surface area (TPSA) is 86.9 Å².